The molecule has 1 aromatic rings. The highest BCUT2D eigenvalue weighted by Crippen LogP contribution is 2.26. The minimum atomic E-state index is -0.463. The van der Waals surface area contributed by atoms with Gasteiger partial charge in [-0.3, -0.25) is 15.1 Å². The van der Waals surface area contributed by atoms with Crippen molar-refractivity contribution in [3.63, 3.8) is 0 Å². The van der Waals surface area contributed by atoms with Crippen molar-refractivity contribution >= 4 is 11.5 Å². The topological polar surface area (TPSA) is 79.0 Å². The molecule has 0 aromatic heterocycles. The van der Waals surface area contributed by atoms with Crippen molar-refractivity contribution in [2.45, 2.75) is 19.8 Å². The lowest BCUT2D eigenvalue weighted by atomic mass is 10.1. The standard InChI is InChI=1S/C13H17N3O3/c1-2-3-7-15-8-6-14-13(15)11-9-10(16(18)19)4-5-12(11)17/h4-5,9,17H,2-3,6-8H2,1H3. The largest absolute Gasteiger partial charge is 0.507 e. The van der Waals surface area contributed by atoms with Crippen LogP contribution in [0.15, 0.2) is 23.2 Å². The third-order valence-electron chi connectivity index (χ3n) is 3.14. The summed E-state index contributed by atoms with van der Waals surface area (Å²) in [7, 11) is 0. The van der Waals surface area contributed by atoms with Gasteiger partial charge in [-0.2, -0.15) is 0 Å². The van der Waals surface area contributed by atoms with Crippen LogP contribution in [-0.2, 0) is 0 Å². The molecule has 19 heavy (non-hydrogen) atoms. The van der Waals surface area contributed by atoms with Gasteiger partial charge in [0.05, 0.1) is 17.0 Å². The van der Waals surface area contributed by atoms with E-state index in [0.717, 1.165) is 25.9 Å². The van der Waals surface area contributed by atoms with E-state index >= 15 is 0 Å². The van der Waals surface area contributed by atoms with Gasteiger partial charge >= 0.3 is 0 Å². The molecule has 6 heteroatoms. The van der Waals surface area contributed by atoms with Gasteiger partial charge in [-0.1, -0.05) is 13.3 Å². The van der Waals surface area contributed by atoms with E-state index in [1.54, 1.807) is 0 Å². The molecule has 0 aliphatic carbocycles. The molecular weight excluding hydrogens is 246 g/mol. The van der Waals surface area contributed by atoms with Crippen LogP contribution in [-0.4, -0.2) is 40.4 Å². The van der Waals surface area contributed by atoms with Gasteiger partial charge in [0, 0.05) is 25.2 Å². The van der Waals surface area contributed by atoms with E-state index in [9.17, 15) is 15.2 Å². The minimum absolute atomic E-state index is 0.0298. The van der Waals surface area contributed by atoms with Crippen LogP contribution in [0.2, 0.25) is 0 Å². The summed E-state index contributed by atoms with van der Waals surface area (Å²) in [6, 6.07) is 4.04. The van der Waals surface area contributed by atoms with Gasteiger partial charge in [-0.05, 0) is 12.5 Å². The van der Waals surface area contributed by atoms with Crippen molar-refractivity contribution < 1.29 is 10.0 Å². The molecule has 0 amide bonds. The van der Waals surface area contributed by atoms with E-state index < -0.39 is 4.92 Å². The maximum absolute atomic E-state index is 10.8. The molecule has 1 N–H and O–H groups in total. The lowest BCUT2D eigenvalue weighted by Crippen LogP contribution is -2.29. The van der Waals surface area contributed by atoms with Gasteiger partial charge in [0.15, 0.2) is 0 Å². The minimum Gasteiger partial charge on any atom is -0.507 e. The first kappa shape index (κ1) is 13.3. The van der Waals surface area contributed by atoms with Crippen LogP contribution in [0.4, 0.5) is 5.69 Å². The zero-order valence-electron chi connectivity index (χ0n) is 10.9. The molecule has 1 aliphatic heterocycles. The van der Waals surface area contributed by atoms with Gasteiger partial charge in [0.1, 0.15) is 11.6 Å². The quantitative estimate of drug-likeness (QED) is 0.652. The smallest absolute Gasteiger partial charge is 0.270 e. The molecule has 0 radical (unpaired) electrons. The number of phenolic OH excluding ortho intramolecular Hbond substituents is 1. The van der Waals surface area contributed by atoms with Crippen LogP contribution < -0.4 is 0 Å². The molecule has 0 saturated heterocycles. The van der Waals surface area contributed by atoms with E-state index in [2.05, 4.69) is 16.8 Å². The Balaban J connectivity index is 2.29. The molecule has 0 atom stereocenters. The van der Waals surface area contributed by atoms with Gasteiger partial charge < -0.3 is 10.0 Å². The van der Waals surface area contributed by atoms with Crippen LogP contribution in [0, 0.1) is 10.1 Å². The van der Waals surface area contributed by atoms with Crippen LogP contribution in [0.3, 0.4) is 0 Å². The second-order valence-electron chi connectivity index (χ2n) is 4.50. The predicted octanol–water partition coefficient (Wildman–Crippen LogP) is 2.16. The molecule has 1 aliphatic rings. The summed E-state index contributed by atoms with van der Waals surface area (Å²) in [6.07, 6.45) is 2.11. The third kappa shape index (κ3) is 2.83. The molecule has 6 nitrogen and oxygen atoms in total. The van der Waals surface area contributed by atoms with Crippen LogP contribution in [0.1, 0.15) is 25.3 Å². The van der Waals surface area contributed by atoms with Crippen LogP contribution in [0.25, 0.3) is 0 Å². The molecule has 1 heterocycles. The van der Waals surface area contributed by atoms with Gasteiger partial charge in [0.2, 0.25) is 0 Å². The number of phenols is 1. The molecule has 1 aromatic carbocycles. The summed E-state index contributed by atoms with van der Waals surface area (Å²) in [5.41, 5.74) is 0.417. The van der Waals surface area contributed by atoms with Crippen LogP contribution in [0.5, 0.6) is 5.75 Å². The maximum Gasteiger partial charge on any atom is 0.270 e. The van der Waals surface area contributed by atoms with Gasteiger partial charge in [-0.25, -0.2) is 0 Å². The number of nitrogens with zero attached hydrogens (tertiary/aromatic N) is 3. The molecule has 102 valence electrons. The monoisotopic (exact) mass is 263 g/mol. The Hall–Kier alpha value is -2.11. The number of aliphatic imine (C=N–C) groups is 1. The number of benzene rings is 1. The Morgan fingerprint density at radius 1 is 1.53 bits per heavy atom. The number of hydrogen-bond acceptors (Lipinski definition) is 5. The predicted molar refractivity (Wildman–Crippen MR) is 72.6 cm³/mol. The number of nitro groups is 1. The Bertz CT molecular complexity index is 514. The van der Waals surface area contributed by atoms with E-state index in [-0.39, 0.29) is 11.4 Å². The van der Waals surface area contributed by atoms with Crippen molar-refractivity contribution in [1.29, 1.82) is 0 Å². The molecule has 0 spiro atoms. The first-order valence-electron chi connectivity index (χ1n) is 6.40. The highest BCUT2D eigenvalue weighted by Gasteiger charge is 2.22. The summed E-state index contributed by atoms with van der Waals surface area (Å²) in [4.78, 5) is 16.8. The van der Waals surface area contributed by atoms with E-state index in [1.807, 2.05) is 0 Å². The lowest BCUT2D eigenvalue weighted by molar-refractivity contribution is -0.384. The summed E-state index contributed by atoms with van der Waals surface area (Å²) >= 11 is 0. The first-order valence-corrected chi connectivity index (χ1v) is 6.40. The first-order chi connectivity index (χ1) is 9.13. The fourth-order valence-electron chi connectivity index (χ4n) is 2.12. The normalized spacial score (nSPS) is 14.6. The molecule has 0 bridgehead atoms. The fourth-order valence-corrected chi connectivity index (χ4v) is 2.12. The third-order valence-corrected chi connectivity index (χ3v) is 3.14. The number of aromatic hydroxyl groups is 1. The second-order valence-corrected chi connectivity index (χ2v) is 4.50. The number of hydrogen-bond donors (Lipinski definition) is 1. The van der Waals surface area contributed by atoms with E-state index in [4.69, 9.17) is 0 Å². The Labute approximate surface area is 111 Å². The average Bonchev–Trinajstić information content (AvgIpc) is 2.84. The fraction of sp³-hybridized carbons (Fsp3) is 0.462. The maximum atomic E-state index is 10.8. The van der Waals surface area contributed by atoms with Crippen molar-refractivity contribution in [2.24, 2.45) is 4.99 Å². The number of rotatable bonds is 5. The lowest BCUT2D eigenvalue weighted by Gasteiger charge is -2.20. The average molecular weight is 263 g/mol. The van der Waals surface area contributed by atoms with Gasteiger partial charge in [0.25, 0.3) is 5.69 Å². The highest BCUT2D eigenvalue weighted by molar-refractivity contribution is 6.02. The Morgan fingerprint density at radius 3 is 3.00 bits per heavy atom. The Kier molecular flexibility index (Phi) is 3.99. The van der Waals surface area contributed by atoms with Crippen molar-refractivity contribution in [2.75, 3.05) is 19.6 Å². The van der Waals surface area contributed by atoms with E-state index in [1.165, 1.54) is 18.2 Å². The zero-order valence-corrected chi connectivity index (χ0v) is 10.9. The molecule has 0 saturated carbocycles. The number of non-ortho nitro benzene ring substituents is 1. The number of unbranched alkanes of at least 4 members (excludes halogenated alkanes) is 1. The van der Waals surface area contributed by atoms with E-state index in [0.29, 0.717) is 17.9 Å². The summed E-state index contributed by atoms with van der Waals surface area (Å²) < 4.78 is 0. The molecule has 0 unspecified atom stereocenters. The summed E-state index contributed by atoms with van der Waals surface area (Å²) in [5.74, 6) is 0.697. The molecule has 2 rings (SSSR count). The van der Waals surface area contributed by atoms with Gasteiger partial charge in [-0.15, -0.1) is 0 Å². The molecule has 0 fully saturated rings. The van der Waals surface area contributed by atoms with Crippen molar-refractivity contribution in [3.8, 4) is 5.75 Å². The number of nitro benzene ring substituents is 1. The van der Waals surface area contributed by atoms with Crippen molar-refractivity contribution in [1.82, 2.24) is 4.90 Å². The Morgan fingerprint density at radius 2 is 2.32 bits per heavy atom. The SMILES string of the molecule is CCCCN1CCN=C1c1cc([N+](=O)[O-])ccc1O. The summed E-state index contributed by atoms with van der Waals surface area (Å²) in [5, 5.41) is 20.7. The van der Waals surface area contributed by atoms with Crippen LogP contribution >= 0.6 is 0 Å². The molecular formula is C13H17N3O3. The zero-order chi connectivity index (χ0) is 13.8. The highest BCUT2D eigenvalue weighted by atomic mass is 16.6. The number of amidine groups is 1. The summed E-state index contributed by atoms with van der Waals surface area (Å²) in [6.45, 7) is 4.44. The van der Waals surface area contributed by atoms with Crippen molar-refractivity contribution in [3.05, 3.63) is 33.9 Å². The second kappa shape index (κ2) is 5.69.